The molecular weight excluding hydrogens is 376 g/mol. The van der Waals surface area contributed by atoms with Crippen molar-refractivity contribution in [3.63, 3.8) is 0 Å². The van der Waals surface area contributed by atoms with Gasteiger partial charge in [-0.25, -0.2) is 4.98 Å². The molecule has 3 aromatic heterocycles. The zero-order valence-corrected chi connectivity index (χ0v) is 16.4. The van der Waals surface area contributed by atoms with Crippen molar-refractivity contribution in [3.05, 3.63) is 70.5 Å². The molecule has 5 nitrogen and oxygen atoms in total. The Balaban J connectivity index is 1.49. The van der Waals surface area contributed by atoms with E-state index < -0.39 is 0 Å². The fourth-order valence-electron chi connectivity index (χ4n) is 2.74. The van der Waals surface area contributed by atoms with E-state index in [0.29, 0.717) is 18.7 Å². The number of nitrogens with zero attached hydrogens (tertiary/aromatic N) is 3. The Morgan fingerprint density at radius 2 is 2.00 bits per heavy atom. The Morgan fingerprint density at radius 3 is 2.78 bits per heavy atom. The van der Waals surface area contributed by atoms with Crippen LogP contribution < -0.4 is 5.32 Å². The molecule has 3 heterocycles. The summed E-state index contributed by atoms with van der Waals surface area (Å²) in [6.45, 7) is 1.91. The first-order valence-corrected chi connectivity index (χ1v) is 10.4. The van der Waals surface area contributed by atoms with Gasteiger partial charge < -0.3 is 5.32 Å². The van der Waals surface area contributed by atoms with Crippen molar-refractivity contribution >= 4 is 34.4 Å². The van der Waals surface area contributed by atoms with Crippen LogP contribution in [0.4, 0.5) is 5.82 Å². The lowest BCUT2D eigenvalue weighted by atomic mass is 10.1. The molecule has 7 heteroatoms. The second kappa shape index (κ2) is 7.85. The fourth-order valence-corrected chi connectivity index (χ4v) is 4.29. The number of aryl methyl sites for hydroxylation is 2. The molecule has 0 radical (unpaired) electrons. The topological polar surface area (TPSA) is 59.8 Å². The predicted octanol–water partition coefficient (Wildman–Crippen LogP) is 4.94. The van der Waals surface area contributed by atoms with Crippen molar-refractivity contribution in [3.8, 4) is 15.7 Å². The van der Waals surface area contributed by atoms with E-state index in [1.807, 2.05) is 66.2 Å². The van der Waals surface area contributed by atoms with E-state index >= 15 is 0 Å². The van der Waals surface area contributed by atoms with E-state index in [0.717, 1.165) is 27.0 Å². The van der Waals surface area contributed by atoms with Crippen LogP contribution in [0.2, 0.25) is 0 Å². The number of rotatable bonds is 6. The average Bonchev–Trinajstić information content (AvgIpc) is 3.41. The minimum atomic E-state index is -0.0324. The fraction of sp³-hybridized carbons (Fsp3) is 0.150. The van der Waals surface area contributed by atoms with Gasteiger partial charge in [0, 0.05) is 17.9 Å². The second-order valence-corrected chi connectivity index (χ2v) is 7.89. The summed E-state index contributed by atoms with van der Waals surface area (Å²) in [7, 11) is 0. The van der Waals surface area contributed by atoms with Gasteiger partial charge in [0.25, 0.3) is 0 Å². The molecule has 0 bridgehead atoms. The molecular formula is C20H18N4OS2. The summed E-state index contributed by atoms with van der Waals surface area (Å²) in [4.78, 5) is 18.2. The molecule has 1 aromatic carbocycles. The lowest BCUT2D eigenvalue weighted by Gasteiger charge is -2.06. The van der Waals surface area contributed by atoms with Crippen LogP contribution in [0, 0.1) is 6.92 Å². The molecule has 0 aliphatic rings. The highest BCUT2D eigenvalue weighted by atomic mass is 32.1. The summed E-state index contributed by atoms with van der Waals surface area (Å²) in [5.74, 6) is 0.618. The summed E-state index contributed by atoms with van der Waals surface area (Å²) in [5.41, 5.74) is 2.92. The standard InChI is InChI=1S/C20H18N4OS2/c1-14-12-18(22-19(25)10-9-15-6-3-2-4-7-15)24(23-14)20-21-16(13-27-20)17-8-5-11-26-17/h2-8,11-13H,9-10H2,1H3,(H,22,25). The van der Waals surface area contributed by atoms with Crippen molar-refractivity contribution in [2.45, 2.75) is 19.8 Å². The van der Waals surface area contributed by atoms with Crippen LogP contribution >= 0.6 is 22.7 Å². The largest absolute Gasteiger partial charge is 0.310 e. The zero-order chi connectivity index (χ0) is 18.6. The predicted molar refractivity (Wildman–Crippen MR) is 111 cm³/mol. The van der Waals surface area contributed by atoms with Gasteiger partial charge in [-0.3, -0.25) is 4.79 Å². The Kier molecular flexibility index (Phi) is 5.13. The van der Waals surface area contributed by atoms with Gasteiger partial charge in [-0.1, -0.05) is 36.4 Å². The van der Waals surface area contributed by atoms with Crippen molar-refractivity contribution < 1.29 is 4.79 Å². The quantitative estimate of drug-likeness (QED) is 0.504. The number of thiazole rings is 1. The minimum Gasteiger partial charge on any atom is -0.310 e. The first-order valence-electron chi connectivity index (χ1n) is 8.59. The molecule has 1 amide bonds. The van der Waals surface area contributed by atoms with Crippen molar-refractivity contribution in [2.75, 3.05) is 5.32 Å². The van der Waals surface area contributed by atoms with Gasteiger partial charge in [0.1, 0.15) is 5.82 Å². The van der Waals surface area contributed by atoms with Gasteiger partial charge in [0.15, 0.2) is 0 Å². The molecule has 4 aromatic rings. The maximum absolute atomic E-state index is 12.4. The van der Waals surface area contributed by atoms with Crippen molar-refractivity contribution in [2.24, 2.45) is 0 Å². The number of aromatic nitrogens is 3. The number of thiophene rings is 1. The van der Waals surface area contributed by atoms with Crippen LogP contribution in [0.25, 0.3) is 15.7 Å². The average molecular weight is 395 g/mol. The third kappa shape index (κ3) is 4.15. The van der Waals surface area contributed by atoms with Crippen LogP contribution in [-0.4, -0.2) is 20.7 Å². The number of hydrogen-bond donors (Lipinski definition) is 1. The Hall–Kier alpha value is -2.77. The molecule has 0 aliphatic heterocycles. The molecule has 0 fully saturated rings. The number of anilines is 1. The summed E-state index contributed by atoms with van der Waals surface area (Å²) in [6.07, 6.45) is 1.13. The number of nitrogens with one attached hydrogen (secondary N) is 1. The minimum absolute atomic E-state index is 0.0324. The van der Waals surface area contributed by atoms with Crippen LogP contribution in [0.15, 0.2) is 59.3 Å². The normalized spacial score (nSPS) is 10.9. The monoisotopic (exact) mass is 394 g/mol. The van der Waals surface area contributed by atoms with E-state index in [1.54, 1.807) is 16.0 Å². The van der Waals surface area contributed by atoms with Crippen molar-refractivity contribution in [1.82, 2.24) is 14.8 Å². The number of carbonyl (C=O) groups excluding carboxylic acids is 1. The van der Waals surface area contributed by atoms with Gasteiger partial charge >= 0.3 is 0 Å². The maximum atomic E-state index is 12.4. The lowest BCUT2D eigenvalue weighted by molar-refractivity contribution is -0.116. The Morgan fingerprint density at radius 1 is 1.15 bits per heavy atom. The lowest BCUT2D eigenvalue weighted by Crippen LogP contribution is -2.15. The maximum Gasteiger partial charge on any atom is 0.225 e. The first-order chi connectivity index (χ1) is 13.2. The second-order valence-electron chi connectivity index (χ2n) is 6.11. The Labute approximate surface area is 165 Å². The molecule has 0 aliphatic carbocycles. The molecule has 27 heavy (non-hydrogen) atoms. The van der Waals surface area contributed by atoms with E-state index in [1.165, 1.54) is 11.3 Å². The van der Waals surface area contributed by atoms with Crippen molar-refractivity contribution in [1.29, 1.82) is 0 Å². The summed E-state index contributed by atoms with van der Waals surface area (Å²) in [6, 6.07) is 15.9. The molecule has 4 rings (SSSR count). The molecule has 0 atom stereocenters. The number of carbonyl (C=O) groups is 1. The first kappa shape index (κ1) is 17.6. The van der Waals surface area contributed by atoms with E-state index in [2.05, 4.69) is 15.4 Å². The van der Waals surface area contributed by atoms with Crippen LogP contribution in [0.1, 0.15) is 17.7 Å². The summed E-state index contributed by atoms with van der Waals surface area (Å²) >= 11 is 3.16. The molecule has 0 spiro atoms. The third-order valence-electron chi connectivity index (χ3n) is 4.03. The number of hydrogen-bond acceptors (Lipinski definition) is 5. The van der Waals surface area contributed by atoms with E-state index in [-0.39, 0.29) is 5.91 Å². The third-order valence-corrected chi connectivity index (χ3v) is 5.74. The smallest absolute Gasteiger partial charge is 0.225 e. The molecule has 0 saturated heterocycles. The van der Waals surface area contributed by atoms with Gasteiger partial charge in [0.05, 0.1) is 16.3 Å². The van der Waals surface area contributed by atoms with Gasteiger partial charge in [-0.05, 0) is 30.4 Å². The van der Waals surface area contributed by atoms with Crippen LogP contribution in [0.3, 0.4) is 0 Å². The highest BCUT2D eigenvalue weighted by Gasteiger charge is 2.14. The van der Waals surface area contributed by atoms with E-state index in [4.69, 9.17) is 0 Å². The molecule has 1 N–H and O–H groups in total. The summed E-state index contributed by atoms with van der Waals surface area (Å²) < 4.78 is 1.71. The van der Waals surface area contributed by atoms with Gasteiger partial charge in [-0.2, -0.15) is 9.78 Å². The molecule has 0 unspecified atom stereocenters. The van der Waals surface area contributed by atoms with Crippen LogP contribution in [0.5, 0.6) is 0 Å². The zero-order valence-electron chi connectivity index (χ0n) is 14.8. The highest BCUT2D eigenvalue weighted by molar-refractivity contribution is 7.15. The molecule has 136 valence electrons. The SMILES string of the molecule is Cc1cc(NC(=O)CCc2ccccc2)n(-c2nc(-c3cccs3)cs2)n1. The van der Waals surface area contributed by atoms with Gasteiger partial charge in [-0.15, -0.1) is 22.7 Å². The molecule has 0 saturated carbocycles. The van der Waals surface area contributed by atoms with Gasteiger partial charge in [0.2, 0.25) is 11.0 Å². The van der Waals surface area contributed by atoms with E-state index in [9.17, 15) is 4.79 Å². The number of benzene rings is 1. The Bertz CT molecular complexity index is 1040. The summed E-state index contributed by atoms with van der Waals surface area (Å²) in [5, 5.41) is 12.3. The van der Waals surface area contributed by atoms with Crippen LogP contribution in [-0.2, 0) is 11.2 Å². The highest BCUT2D eigenvalue weighted by Crippen LogP contribution is 2.29. The number of amides is 1.